The van der Waals surface area contributed by atoms with Crippen LogP contribution in [0.2, 0.25) is 0 Å². The number of benzene rings is 1. The number of anilines is 2. The maximum absolute atomic E-state index is 11.9. The third-order valence-electron chi connectivity index (χ3n) is 5.70. The van der Waals surface area contributed by atoms with Gasteiger partial charge in [0.05, 0.1) is 22.5 Å². The van der Waals surface area contributed by atoms with Gasteiger partial charge in [-0.15, -0.1) is 0 Å². The van der Waals surface area contributed by atoms with Crippen LogP contribution in [0.3, 0.4) is 0 Å². The molecule has 0 aliphatic carbocycles. The Kier molecular flexibility index (Phi) is 5.37. The van der Waals surface area contributed by atoms with Gasteiger partial charge in [-0.1, -0.05) is 19.9 Å². The zero-order chi connectivity index (χ0) is 21.4. The van der Waals surface area contributed by atoms with Gasteiger partial charge in [0.2, 0.25) is 0 Å². The molecule has 30 heavy (non-hydrogen) atoms. The van der Waals surface area contributed by atoms with Crippen molar-refractivity contribution in [3.05, 3.63) is 41.7 Å². The zero-order valence-corrected chi connectivity index (χ0v) is 18.1. The number of hydrogen-bond acceptors (Lipinski definition) is 5. The number of carboxylic acids is 1. The Morgan fingerprint density at radius 1 is 1.13 bits per heavy atom. The molecule has 1 fully saturated rings. The van der Waals surface area contributed by atoms with Gasteiger partial charge >= 0.3 is 5.97 Å². The van der Waals surface area contributed by atoms with Gasteiger partial charge in [-0.05, 0) is 49.4 Å². The first-order chi connectivity index (χ1) is 14.4. The van der Waals surface area contributed by atoms with Crippen LogP contribution in [0.1, 0.15) is 55.2 Å². The highest BCUT2D eigenvalue weighted by Gasteiger charge is 2.25. The number of nitrogens with zero attached hydrogens (tertiary/aromatic N) is 5. The van der Waals surface area contributed by atoms with Crippen LogP contribution in [-0.4, -0.2) is 53.0 Å². The van der Waals surface area contributed by atoms with E-state index in [0.29, 0.717) is 5.65 Å². The summed E-state index contributed by atoms with van der Waals surface area (Å²) >= 11 is 0. The van der Waals surface area contributed by atoms with E-state index in [1.165, 1.54) is 6.42 Å². The molecule has 1 aliphatic rings. The standard InChI is InChI=1S/C23H29N5O2/c1-15(2)21-20-19(27-11-6-5-7-12-27)14-18(23(29)30)24-22(20)28(25-21)17-10-8-9-16(13-17)26(3)4/h8-10,13-15H,5-7,11-12H2,1-4H3,(H,29,30). The minimum atomic E-state index is -1.02. The van der Waals surface area contributed by atoms with Crippen LogP contribution in [0.4, 0.5) is 11.4 Å². The molecule has 0 atom stereocenters. The summed E-state index contributed by atoms with van der Waals surface area (Å²) in [6.07, 6.45) is 3.44. The molecule has 7 nitrogen and oxygen atoms in total. The van der Waals surface area contributed by atoms with Crippen molar-refractivity contribution in [1.29, 1.82) is 0 Å². The number of fused-ring (bicyclic) bond motifs is 1. The summed E-state index contributed by atoms with van der Waals surface area (Å²) in [4.78, 5) is 20.8. The van der Waals surface area contributed by atoms with Crippen molar-refractivity contribution < 1.29 is 9.90 Å². The van der Waals surface area contributed by atoms with Crippen molar-refractivity contribution in [2.24, 2.45) is 0 Å². The molecule has 2 aromatic heterocycles. The van der Waals surface area contributed by atoms with E-state index in [1.54, 1.807) is 10.7 Å². The van der Waals surface area contributed by atoms with E-state index in [9.17, 15) is 9.90 Å². The summed E-state index contributed by atoms with van der Waals surface area (Å²) in [6, 6.07) is 9.78. The Hall–Kier alpha value is -3.09. The molecule has 1 saturated heterocycles. The molecule has 1 aromatic carbocycles. The van der Waals surface area contributed by atoms with Gasteiger partial charge in [-0.3, -0.25) is 0 Å². The maximum Gasteiger partial charge on any atom is 0.354 e. The normalized spacial score (nSPS) is 14.5. The van der Waals surface area contributed by atoms with Crippen LogP contribution in [0.25, 0.3) is 16.7 Å². The molecule has 3 heterocycles. The Bertz CT molecular complexity index is 1080. The number of hydrogen-bond donors (Lipinski definition) is 1. The monoisotopic (exact) mass is 407 g/mol. The van der Waals surface area contributed by atoms with Gasteiger partial charge in [0.25, 0.3) is 0 Å². The predicted octanol–water partition coefficient (Wildman–Crippen LogP) is 4.30. The molecule has 4 rings (SSSR count). The van der Waals surface area contributed by atoms with Crippen molar-refractivity contribution in [2.75, 3.05) is 37.0 Å². The van der Waals surface area contributed by atoms with E-state index in [4.69, 9.17) is 5.10 Å². The van der Waals surface area contributed by atoms with Crippen LogP contribution < -0.4 is 9.80 Å². The SMILES string of the molecule is CC(C)c1nn(-c2cccc(N(C)C)c2)c2nc(C(=O)O)cc(N3CCCCC3)c12. The number of aromatic carboxylic acids is 1. The lowest BCUT2D eigenvalue weighted by Crippen LogP contribution is -2.30. The molecule has 7 heteroatoms. The highest BCUT2D eigenvalue weighted by atomic mass is 16.4. The van der Waals surface area contributed by atoms with Gasteiger partial charge < -0.3 is 14.9 Å². The molecule has 158 valence electrons. The van der Waals surface area contributed by atoms with Crippen LogP contribution in [0.15, 0.2) is 30.3 Å². The molecule has 3 aromatic rings. The van der Waals surface area contributed by atoms with Gasteiger partial charge in [-0.25, -0.2) is 14.5 Å². The third-order valence-corrected chi connectivity index (χ3v) is 5.70. The Labute approximate surface area is 176 Å². The number of carbonyl (C=O) groups is 1. The minimum absolute atomic E-state index is 0.0586. The smallest absolute Gasteiger partial charge is 0.354 e. The molecule has 1 aliphatic heterocycles. The van der Waals surface area contributed by atoms with E-state index in [-0.39, 0.29) is 11.6 Å². The molecule has 0 amide bonds. The van der Waals surface area contributed by atoms with Crippen LogP contribution in [0.5, 0.6) is 0 Å². The average molecular weight is 408 g/mol. The lowest BCUT2D eigenvalue weighted by molar-refractivity contribution is 0.0691. The molecule has 1 N–H and O–H groups in total. The highest BCUT2D eigenvalue weighted by molar-refractivity contribution is 5.98. The van der Waals surface area contributed by atoms with E-state index in [0.717, 1.165) is 54.1 Å². The third kappa shape index (κ3) is 3.60. The van der Waals surface area contributed by atoms with Gasteiger partial charge in [0.15, 0.2) is 11.3 Å². The van der Waals surface area contributed by atoms with Crippen LogP contribution >= 0.6 is 0 Å². The summed E-state index contributed by atoms with van der Waals surface area (Å²) < 4.78 is 1.80. The largest absolute Gasteiger partial charge is 0.477 e. The number of rotatable bonds is 5. The summed E-state index contributed by atoms with van der Waals surface area (Å²) in [6.45, 7) is 6.09. The van der Waals surface area contributed by atoms with Crippen molar-refractivity contribution >= 4 is 28.4 Å². The van der Waals surface area contributed by atoms with Crippen molar-refractivity contribution in [2.45, 2.75) is 39.0 Å². The first kappa shape index (κ1) is 20.2. The van der Waals surface area contributed by atoms with Crippen molar-refractivity contribution in [3.63, 3.8) is 0 Å². The molecular weight excluding hydrogens is 378 g/mol. The highest BCUT2D eigenvalue weighted by Crippen LogP contribution is 2.36. The first-order valence-electron chi connectivity index (χ1n) is 10.6. The topological polar surface area (TPSA) is 74.5 Å². The fraction of sp³-hybridized carbons (Fsp3) is 0.435. The lowest BCUT2D eigenvalue weighted by atomic mass is 10.0. The quantitative estimate of drug-likeness (QED) is 0.680. The summed E-state index contributed by atoms with van der Waals surface area (Å²) in [5, 5.41) is 15.6. The summed E-state index contributed by atoms with van der Waals surface area (Å²) in [5.41, 5.74) is 4.48. The summed E-state index contributed by atoms with van der Waals surface area (Å²) in [5.74, 6) is -0.831. The Morgan fingerprint density at radius 2 is 1.87 bits per heavy atom. The molecule has 0 unspecified atom stereocenters. The van der Waals surface area contributed by atoms with Crippen LogP contribution in [-0.2, 0) is 0 Å². The van der Waals surface area contributed by atoms with Gasteiger partial charge in [-0.2, -0.15) is 5.10 Å². The van der Waals surface area contributed by atoms with E-state index >= 15 is 0 Å². The molecule has 0 saturated carbocycles. The average Bonchev–Trinajstić information content (AvgIpc) is 3.13. The van der Waals surface area contributed by atoms with Gasteiger partial charge in [0, 0.05) is 32.9 Å². The number of aromatic nitrogens is 3. The molecule has 0 radical (unpaired) electrons. The van der Waals surface area contributed by atoms with Crippen molar-refractivity contribution in [3.8, 4) is 5.69 Å². The zero-order valence-electron chi connectivity index (χ0n) is 18.1. The first-order valence-corrected chi connectivity index (χ1v) is 10.6. The molecule has 0 spiro atoms. The second-order valence-corrected chi connectivity index (χ2v) is 8.44. The maximum atomic E-state index is 11.9. The van der Waals surface area contributed by atoms with Crippen molar-refractivity contribution in [1.82, 2.24) is 14.8 Å². The Morgan fingerprint density at radius 3 is 2.50 bits per heavy atom. The van der Waals surface area contributed by atoms with E-state index in [1.807, 2.05) is 43.3 Å². The second kappa shape index (κ2) is 7.97. The fourth-order valence-electron chi connectivity index (χ4n) is 4.10. The van der Waals surface area contributed by atoms with Crippen LogP contribution in [0, 0.1) is 0 Å². The van der Waals surface area contributed by atoms with Gasteiger partial charge in [0.1, 0.15) is 0 Å². The molecule has 0 bridgehead atoms. The molecular formula is C23H29N5O2. The number of pyridine rings is 1. The lowest BCUT2D eigenvalue weighted by Gasteiger charge is -2.29. The Balaban J connectivity index is 2.01. The van der Waals surface area contributed by atoms with E-state index < -0.39 is 5.97 Å². The second-order valence-electron chi connectivity index (χ2n) is 8.44. The fourth-order valence-corrected chi connectivity index (χ4v) is 4.10. The number of carboxylic acid groups (broad SMARTS) is 1. The summed E-state index contributed by atoms with van der Waals surface area (Å²) in [7, 11) is 3.99. The minimum Gasteiger partial charge on any atom is -0.477 e. The van der Waals surface area contributed by atoms with E-state index in [2.05, 4.69) is 23.7 Å². The predicted molar refractivity (Wildman–Crippen MR) is 120 cm³/mol. The number of piperidine rings is 1.